The van der Waals surface area contributed by atoms with Gasteiger partial charge in [-0.3, -0.25) is 4.79 Å². The summed E-state index contributed by atoms with van der Waals surface area (Å²) in [5, 5.41) is 0.847. The zero-order chi connectivity index (χ0) is 14.9. The van der Waals surface area contributed by atoms with Crippen LogP contribution in [0.2, 0.25) is 10.0 Å². The number of nitrogens with zero attached hydrogens (tertiary/aromatic N) is 1. The first-order chi connectivity index (χ1) is 9.28. The molecular weight excluding hydrogens is 323 g/mol. The summed E-state index contributed by atoms with van der Waals surface area (Å²) >= 11 is 11.9. The molecule has 2 rings (SSSR count). The van der Waals surface area contributed by atoms with Crippen LogP contribution in [0.1, 0.15) is 12.8 Å². The van der Waals surface area contributed by atoms with Crippen molar-refractivity contribution in [3.05, 3.63) is 28.2 Å². The quantitative estimate of drug-likeness (QED) is 0.918. The standard InChI is InChI=1S/C12H14Cl2N2O3S/c1-20(18,19)15-10-3-2-6-16(12(10)17)11-5-4-8(13)7-9(11)14/h4-5,7,10,15H,2-3,6H2,1H3. The summed E-state index contributed by atoms with van der Waals surface area (Å²) in [7, 11) is -3.43. The van der Waals surface area contributed by atoms with Crippen molar-refractivity contribution in [3.63, 3.8) is 0 Å². The van der Waals surface area contributed by atoms with E-state index in [0.29, 0.717) is 35.1 Å². The summed E-state index contributed by atoms with van der Waals surface area (Å²) in [6, 6.07) is 4.11. The van der Waals surface area contributed by atoms with Crippen LogP contribution in [0.4, 0.5) is 5.69 Å². The summed E-state index contributed by atoms with van der Waals surface area (Å²) in [6.07, 6.45) is 2.21. The van der Waals surface area contributed by atoms with Crippen molar-refractivity contribution in [2.45, 2.75) is 18.9 Å². The van der Waals surface area contributed by atoms with Gasteiger partial charge in [0.05, 0.1) is 17.0 Å². The maximum absolute atomic E-state index is 12.3. The molecule has 0 spiro atoms. The molecule has 1 fully saturated rings. The Balaban J connectivity index is 2.26. The third-order valence-electron chi connectivity index (χ3n) is 3.00. The first-order valence-corrected chi connectivity index (χ1v) is 8.66. The molecule has 1 aliphatic heterocycles. The molecule has 1 atom stereocenters. The molecule has 1 aromatic rings. The number of benzene rings is 1. The van der Waals surface area contributed by atoms with Crippen molar-refractivity contribution in [2.24, 2.45) is 0 Å². The van der Waals surface area contributed by atoms with Gasteiger partial charge in [-0.2, -0.15) is 0 Å². The molecule has 0 bridgehead atoms. The van der Waals surface area contributed by atoms with Crippen molar-refractivity contribution >= 4 is 44.8 Å². The van der Waals surface area contributed by atoms with Crippen LogP contribution in [-0.2, 0) is 14.8 Å². The van der Waals surface area contributed by atoms with Crippen LogP contribution in [0.15, 0.2) is 18.2 Å². The average Bonchev–Trinajstić information content (AvgIpc) is 2.31. The fourth-order valence-corrected chi connectivity index (χ4v) is 3.43. The highest BCUT2D eigenvalue weighted by molar-refractivity contribution is 7.88. The first-order valence-electron chi connectivity index (χ1n) is 6.01. The number of anilines is 1. The molecule has 1 N–H and O–H groups in total. The Kier molecular flexibility index (Phi) is 4.59. The Hall–Kier alpha value is -0.820. The summed E-state index contributed by atoms with van der Waals surface area (Å²) in [4.78, 5) is 13.8. The van der Waals surface area contributed by atoms with Crippen LogP contribution in [0.5, 0.6) is 0 Å². The minimum Gasteiger partial charge on any atom is -0.310 e. The molecule has 1 saturated heterocycles. The lowest BCUT2D eigenvalue weighted by atomic mass is 10.0. The minimum atomic E-state index is -3.43. The molecule has 8 heteroatoms. The van der Waals surface area contributed by atoms with Crippen LogP contribution in [0.3, 0.4) is 0 Å². The third-order valence-corrected chi connectivity index (χ3v) is 4.25. The number of amides is 1. The number of carbonyl (C=O) groups excluding carboxylic acids is 1. The van der Waals surface area contributed by atoms with Crippen LogP contribution in [0.25, 0.3) is 0 Å². The zero-order valence-electron chi connectivity index (χ0n) is 10.8. The molecule has 1 aromatic carbocycles. The van der Waals surface area contributed by atoms with E-state index in [2.05, 4.69) is 4.72 Å². The lowest BCUT2D eigenvalue weighted by Crippen LogP contribution is -2.52. The van der Waals surface area contributed by atoms with Gasteiger partial charge in [0.15, 0.2) is 0 Å². The van der Waals surface area contributed by atoms with Gasteiger partial charge in [-0.1, -0.05) is 23.2 Å². The van der Waals surface area contributed by atoms with Crippen LogP contribution in [0, 0.1) is 0 Å². The largest absolute Gasteiger partial charge is 0.310 e. The number of carbonyl (C=O) groups is 1. The predicted octanol–water partition coefficient (Wildman–Crippen LogP) is 2.04. The van der Waals surface area contributed by atoms with E-state index in [1.807, 2.05) is 0 Å². The minimum absolute atomic E-state index is 0.300. The fraction of sp³-hybridized carbons (Fsp3) is 0.417. The van der Waals surface area contributed by atoms with Gasteiger partial charge in [0.1, 0.15) is 6.04 Å². The molecule has 5 nitrogen and oxygen atoms in total. The van der Waals surface area contributed by atoms with E-state index in [1.165, 1.54) is 4.90 Å². The zero-order valence-corrected chi connectivity index (χ0v) is 13.1. The number of hydrogen-bond donors (Lipinski definition) is 1. The van der Waals surface area contributed by atoms with Crippen LogP contribution >= 0.6 is 23.2 Å². The van der Waals surface area contributed by atoms with Crippen LogP contribution < -0.4 is 9.62 Å². The molecule has 110 valence electrons. The average molecular weight is 337 g/mol. The second kappa shape index (κ2) is 5.89. The van der Waals surface area contributed by atoms with Crippen molar-refractivity contribution < 1.29 is 13.2 Å². The van der Waals surface area contributed by atoms with Gasteiger partial charge < -0.3 is 4.90 Å². The number of halogens is 2. The van der Waals surface area contributed by atoms with Gasteiger partial charge >= 0.3 is 0 Å². The van der Waals surface area contributed by atoms with Crippen molar-refractivity contribution in [2.75, 3.05) is 17.7 Å². The Morgan fingerprint density at radius 3 is 2.65 bits per heavy atom. The fourth-order valence-electron chi connectivity index (χ4n) is 2.18. The monoisotopic (exact) mass is 336 g/mol. The summed E-state index contributed by atoms with van der Waals surface area (Å²) in [6.45, 7) is 0.502. The van der Waals surface area contributed by atoms with Crippen molar-refractivity contribution in [1.29, 1.82) is 0 Å². The van der Waals surface area contributed by atoms with Gasteiger partial charge in [-0.25, -0.2) is 13.1 Å². The van der Waals surface area contributed by atoms with E-state index in [9.17, 15) is 13.2 Å². The summed E-state index contributed by atoms with van der Waals surface area (Å²) in [5.74, 6) is -0.300. The SMILES string of the molecule is CS(=O)(=O)NC1CCCN(c2ccc(Cl)cc2Cl)C1=O. The van der Waals surface area contributed by atoms with Gasteiger partial charge in [0, 0.05) is 11.6 Å². The number of piperidine rings is 1. The molecular formula is C12H14Cl2N2O3S. The Bertz CT molecular complexity index is 634. The molecule has 1 aliphatic rings. The second-order valence-electron chi connectivity index (χ2n) is 4.67. The Morgan fingerprint density at radius 1 is 1.35 bits per heavy atom. The maximum Gasteiger partial charge on any atom is 0.245 e. The molecule has 1 unspecified atom stereocenters. The second-order valence-corrected chi connectivity index (χ2v) is 7.29. The van der Waals surface area contributed by atoms with Gasteiger partial charge in [0.25, 0.3) is 0 Å². The van der Waals surface area contributed by atoms with E-state index in [0.717, 1.165) is 6.26 Å². The van der Waals surface area contributed by atoms with Gasteiger partial charge in [-0.15, -0.1) is 0 Å². The Labute approximate surface area is 127 Å². The highest BCUT2D eigenvalue weighted by Crippen LogP contribution is 2.31. The van der Waals surface area contributed by atoms with Crippen molar-refractivity contribution in [1.82, 2.24) is 4.72 Å². The Morgan fingerprint density at radius 2 is 2.05 bits per heavy atom. The first kappa shape index (κ1) is 15.6. The maximum atomic E-state index is 12.3. The molecule has 0 aromatic heterocycles. The van der Waals surface area contributed by atoms with Crippen molar-refractivity contribution in [3.8, 4) is 0 Å². The summed E-state index contributed by atoms with van der Waals surface area (Å²) in [5.41, 5.74) is 0.543. The lowest BCUT2D eigenvalue weighted by Gasteiger charge is -2.32. The molecule has 1 amide bonds. The third kappa shape index (κ3) is 3.63. The van der Waals surface area contributed by atoms with E-state index >= 15 is 0 Å². The summed E-state index contributed by atoms with van der Waals surface area (Å²) < 4.78 is 24.9. The number of hydrogen-bond acceptors (Lipinski definition) is 3. The van der Waals surface area contributed by atoms with E-state index in [4.69, 9.17) is 23.2 Å². The molecule has 0 aliphatic carbocycles. The number of sulfonamides is 1. The lowest BCUT2D eigenvalue weighted by molar-refractivity contribution is -0.121. The smallest absolute Gasteiger partial charge is 0.245 e. The van der Waals surface area contributed by atoms with Gasteiger partial charge in [0.2, 0.25) is 15.9 Å². The number of nitrogens with one attached hydrogen (secondary N) is 1. The number of rotatable bonds is 3. The highest BCUT2D eigenvalue weighted by Gasteiger charge is 2.32. The molecule has 0 saturated carbocycles. The molecule has 1 heterocycles. The predicted molar refractivity (Wildman–Crippen MR) is 79.8 cm³/mol. The normalized spacial score (nSPS) is 20.2. The molecule has 0 radical (unpaired) electrons. The highest BCUT2D eigenvalue weighted by atomic mass is 35.5. The van der Waals surface area contributed by atoms with Gasteiger partial charge in [-0.05, 0) is 31.0 Å². The van der Waals surface area contributed by atoms with E-state index in [-0.39, 0.29) is 5.91 Å². The van der Waals surface area contributed by atoms with E-state index in [1.54, 1.807) is 18.2 Å². The van der Waals surface area contributed by atoms with E-state index < -0.39 is 16.1 Å². The van der Waals surface area contributed by atoms with Crippen LogP contribution in [-0.4, -0.2) is 33.2 Å². The topological polar surface area (TPSA) is 66.5 Å². The molecule has 20 heavy (non-hydrogen) atoms.